The van der Waals surface area contributed by atoms with Crippen molar-refractivity contribution in [2.24, 2.45) is 0 Å². The number of phenols is 1. The maximum atomic E-state index is 12.2. The lowest BCUT2D eigenvalue weighted by molar-refractivity contribution is 0.162. The fourth-order valence-electron chi connectivity index (χ4n) is 0.690. The number of benzene rings is 1. The van der Waals surface area contributed by atoms with Crippen LogP contribution >= 0.6 is 15.9 Å². The van der Waals surface area contributed by atoms with Crippen LogP contribution in [0.1, 0.15) is 13.8 Å². The van der Waals surface area contributed by atoms with Gasteiger partial charge in [-0.3, -0.25) is 0 Å². The van der Waals surface area contributed by atoms with Crippen molar-refractivity contribution in [2.75, 3.05) is 13.2 Å². The lowest BCUT2D eigenvalue weighted by atomic mass is 10.3. The molecule has 0 aliphatic heterocycles. The molecule has 0 spiro atoms. The Balaban J connectivity index is 0.000000292. The van der Waals surface area contributed by atoms with Gasteiger partial charge in [-0.05, 0) is 32.0 Å². The molecule has 80 valence electrons. The Morgan fingerprint density at radius 2 is 1.93 bits per heavy atom. The van der Waals surface area contributed by atoms with Crippen molar-refractivity contribution in [3.8, 4) is 5.75 Å². The summed E-state index contributed by atoms with van der Waals surface area (Å²) in [5.41, 5.74) is 0. The minimum Gasteiger partial charge on any atom is -0.505 e. The molecule has 0 saturated carbocycles. The molecule has 0 atom stereocenters. The predicted molar refractivity (Wildman–Crippen MR) is 57.9 cm³/mol. The molecule has 1 rings (SSSR count). The van der Waals surface area contributed by atoms with Crippen LogP contribution in [0.25, 0.3) is 0 Å². The number of rotatable bonds is 2. The van der Waals surface area contributed by atoms with Crippen LogP contribution in [0.2, 0.25) is 0 Å². The zero-order valence-corrected chi connectivity index (χ0v) is 9.84. The minimum absolute atomic E-state index is 0.329. The fourth-order valence-corrected chi connectivity index (χ4v) is 1.04. The third-order valence-corrected chi connectivity index (χ3v) is 1.81. The summed E-state index contributed by atoms with van der Waals surface area (Å²) in [7, 11) is 0. The van der Waals surface area contributed by atoms with Crippen LogP contribution in [-0.2, 0) is 4.74 Å². The highest BCUT2D eigenvalue weighted by Gasteiger charge is 1.97. The first-order chi connectivity index (χ1) is 6.61. The van der Waals surface area contributed by atoms with Crippen molar-refractivity contribution in [3.63, 3.8) is 0 Å². The van der Waals surface area contributed by atoms with Gasteiger partial charge in [0.1, 0.15) is 0 Å². The van der Waals surface area contributed by atoms with Crippen molar-refractivity contribution in [1.82, 2.24) is 0 Å². The molecule has 0 amide bonds. The smallest absolute Gasteiger partial charge is 0.164 e. The van der Waals surface area contributed by atoms with Crippen molar-refractivity contribution >= 4 is 15.9 Å². The van der Waals surface area contributed by atoms with Gasteiger partial charge in [-0.2, -0.15) is 0 Å². The highest BCUT2D eigenvalue weighted by molar-refractivity contribution is 9.10. The second-order valence-electron chi connectivity index (χ2n) is 2.38. The lowest BCUT2D eigenvalue weighted by Crippen LogP contribution is -1.84. The summed E-state index contributed by atoms with van der Waals surface area (Å²) in [5, 5.41) is 8.70. The van der Waals surface area contributed by atoms with E-state index < -0.39 is 5.82 Å². The molecule has 0 aliphatic rings. The summed E-state index contributed by atoms with van der Waals surface area (Å²) in [5.74, 6) is -0.928. The maximum Gasteiger partial charge on any atom is 0.164 e. The summed E-state index contributed by atoms with van der Waals surface area (Å²) in [6.45, 7) is 5.67. The highest BCUT2D eigenvalue weighted by Crippen LogP contribution is 2.19. The van der Waals surface area contributed by atoms with E-state index in [-0.39, 0.29) is 5.75 Å². The summed E-state index contributed by atoms with van der Waals surface area (Å²) in [6.07, 6.45) is 0. The van der Waals surface area contributed by atoms with E-state index >= 15 is 0 Å². The van der Waals surface area contributed by atoms with Gasteiger partial charge in [0.25, 0.3) is 0 Å². The van der Waals surface area contributed by atoms with Crippen molar-refractivity contribution < 1.29 is 14.2 Å². The molecule has 0 saturated heterocycles. The van der Waals surface area contributed by atoms with Gasteiger partial charge in [0.2, 0.25) is 0 Å². The Morgan fingerprint density at radius 3 is 2.21 bits per heavy atom. The van der Waals surface area contributed by atoms with Gasteiger partial charge in [-0.1, -0.05) is 15.9 Å². The van der Waals surface area contributed by atoms with Gasteiger partial charge in [-0.15, -0.1) is 0 Å². The number of hydrogen-bond acceptors (Lipinski definition) is 2. The first kappa shape index (κ1) is 13.4. The monoisotopic (exact) mass is 264 g/mol. The Morgan fingerprint density at radius 1 is 1.36 bits per heavy atom. The largest absolute Gasteiger partial charge is 0.505 e. The van der Waals surface area contributed by atoms with Gasteiger partial charge in [0, 0.05) is 17.7 Å². The van der Waals surface area contributed by atoms with Crippen LogP contribution < -0.4 is 0 Å². The molecule has 0 fully saturated rings. The molecular weight excluding hydrogens is 251 g/mol. The maximum absolute atomic E-state index is 12.2. The Hall–Kier alpha value is -0.610. The molecule has 0 aliphatic carbocycles. The number of aromatic hydroxyl groups is 1. The zero-order valence-electron chi connectivity index (χ0n) is 8.26. The summed E-state index contributed by atoms with van der Waals surface area (Å²) < 4.78 is 17.7. The number of phenolic OH excluding ortho intramolecular Hbond substituents is 1. The van der Waals surface area contributed by atoms with Gasteiger partial charge in [-0.25, -0.2) is 4.39 Å². The Labute approximate surface area is 91.8 Å². The molecule has 14 heavy (non-hydrogen) atoms. The molecule has 0 heterocycles. The number of hydrogen-bond donors (Lipinski definition) is 1. The van der Waals surface area contributed by atoms with Crippen molar-refractivity contribution in [1.29, 1.82) is 0 Å². The van der Waals surface area contributed by atoms with E-state index in [0.29, 0.717) is 4.47 Å². The summed E-state index contributed by atoms with van der Waals surface area (Å²) in [4.78, 5) is 0. The SMILES string of the molecule is CCOCC.Oc1cc(Br)ccc1F. The fraction of sp³-hybridized carbons (Fsp3) is 0.400. The van der Waals surface area contributed by atoms with Crippen molar-refractivity contribution in [2.45, 2.75) is 13.8 Å². The number of halogens is 2. The predicted octanol–water partition coefficient (Wildman–Crippen LogP) is 3.34. The summed E-state index contributed by atoms with van der Waals surface area (Å²) >= 11 is 3.07. The highest BCUT2D eigenvalue weighted by atomic mass is 79.9. The van der Waals surface area contributed by atoms with Crippen LogP contribution in [0.4, 0.5) is 4.39 Å². The molecule has 1 aromatic carbocycles. The molecule has 4 heteroatoms. The molecule has 0 bridgehead atoms. The first-order valence-corrected chi connectivity index (χ1v) is 5.12. The minimum atomic E-state index is -0.599. The normalized spacial score (nSPS) is 9.14. The average Bonchev–Trinajstić information content (AvgIpc) is 2.14. The Bertz CT molecular complexity index is 264. The molecule has 2 nitrogen and oxygen atoms in total. The van der Waals surface area contributed by atoms with E-state index in [4.69, 9.17) is 9.84 Å². The van der Waals surface area contributed by atoms with Crippen LogP contribution in [0.15, 0.2) is 22.7 Å². The van der Waals surface area contributed by atoms with Crippen LogP contribution in [0.3, 0.4) is 0 Å². The first-order valence-electron chi connectivity index (χ1n) is 4.33. The third-order valence-electron chi connectivity index (χ3n) is 1.32. The van der Waals surface area contributed by atoms with E-state index in [9.17, 15) is 4.39 Å². The van der Waals surface area contributed by atoms with E-state index in [0.717, 1.165) is 13.2 Å². The second-order valence-corrected chi connectivity index (χ2v) is 3.29. The second kappa shape index (κ2) is 7.76. The molecule has 0 aromatic heterocycles. The molecule has 1 N–H and O–H groups in total. The standard InChI is InChI=1S/C6H4BrFO.C4H10O/c7-4-1-2-5(8)6(9)3-4;1-3-5-4-2/h1-3,9H;3-4H2,1-2H3. The summed E-state index contributed by atoms with van der Waals surface area (Å²) in [6, 6.07) is 4.02. The van der Waals surface area contributed by atoms with Gasteiger partial charge < -0.3 is 9.84 Å². The van der Waals surface area contributed by atoms with Gasteiger partial charge in [0.15, 0.2) is 11.6 Å². The average molecular weight is 265 g/mol. The topological polar surface area (TPSA) is 29.5 Å². The third kappa shape index (κ3) is 5.94. The van der Waals surface area contributed by atoms with Crippen LogP contribution in [0.5, 0.6) is 5.75 Å². The van der Waals surface area contributed by atoms with E-state index in [2.05, 4.69) is 15.9 Å². The molecule has 0 radical (unpaired) electrons. The lowest BCUT2D eigenvalue weighted by Gasteiger charge is -1.92. The van der Waals surface area contributed by atoms with Crippen LogP contribution in [-0.4, -0.2) is 18.3 Å². The van der Waals surface area contributed by atoms with E-state index in [1.807, 2.05) is 13.8 Å². The quantitative estimate of drug-likeness (QED) is 0.888. The van der Waals surface area contributed by atoms with E-state index in [1.54, 1.807) is 0 Å². The molecule has 0 unspecified atom stereocenters. The van der Waals surface area contributed by atoms with Crippen molar-refractivity contribution in [3.05, 3.63) is 28.5 Å². The number of ether oxygens (including phenoxy) is 1. The van der Waals surface area contributed by atoms with E-state index in [1.165, 1.54) is 18.2 Å². The van der Waals surface area contributed by atoms with Gasteiger partial charge in [0.05, 0.1) is 0 Å². The Kier molecular flexibility index (Phi) is 7.42. The zero-order chi connectivity index (χ0) is 11.0. The van der Waals surface area contributed by atoms with Crippen LogP contribution in [0, 0.1) is 5.82 Å². The molecular formula is C10H14BrFO2. The van der Waals surface area contributed by atoms with Gasteiger partial charge >= 0.3 is 0 Å². The molecule has 1 aromatic rings.